The zero-order valence-electron chi connectivity index (χ0n) is 17.3. The van der Waals surface area contributed by atoms with Crippen molar-refractivity contribution in [1.82, 2.24) is 0 Å². The van der Waals surface area contributed by atoms with Crippen molar-refractivity contribution in [3.05, 3.63) is 0 Å². The van der Waals surface area contributed by atoms with E-state index in [1.807, 2.05) is 20.8 Å². The van der Waals surface area contributed by atoms with E-state index in [9.17, 15) is 24.9 Å². The minimum Gasteiger partial charge on any atom is -0.852 e. The van der Waals surface area contributed by atoms with Gasteiger partial charge in [-0.25, -0.2) is 0 Å². The summed E-state index contributed by atoms with van der Waals surface area (Å²) in [6.45, 7) is 14.1. The van der Waals surface area contributed by atoms with Crippen LogP contribution >= 0.6 is 0 Å². The molecule has 0 aliphatic carbocycles. The van der Waals surface area contributed by atoms with Crippen LogP contribution in [0.1, 0.15) is 81.1 Å². The first kappa shape index (κ1) is 35.6. The first-order chi connectivity index (χ1) is 11.0. The molecule has 0 aliphatic rings. The van der Waals surface area contributed by atoms with Crippen LogP contribution in [0.3, 0.4) is 0 Å². The third-order valence-corrected chi connectivity index (χ3v) is 2.42. The Hall–Kier alpha value is -0.448. The Bertz CT molecular complexity index is 249. The normalized spacial score (nSPS) is 12.1. The van der Waals surface area contributed by atoms with Gasteiger partial charge in [-0.3, -0.25) is 9.59 Å². The minimum absolute atomic E-state index is 0. The van der Waals surface area contributed by atoms with E-state index in [0.29, 0.717) is 6.61 Å². The van der Waals surface area contributed by atoms with Gasteiger partial charge in [-0.1, -0.05) is 60.8 Å². The molecule has 0 bridgehead atoms. The van der Waals surface area contributed by atoms with Gasteiger partial charge in [0.05, 0.1) is 6.61 Å². The van der Waals surface area contributed by atoms with Gasteiger partial charge in [0.2, 0.25) is 0 Å². The van der Waals surface area contributed by atoms with Crippen LogP contribution in [-0.4, -0.2) is 54.0 Å². The van der Waals surface area contributed by atoms with Gasteiger partial charge in [-0.05, 0) is 13.8 Å². The van der Waals surface area contributed by atoms with Crippen LogP contribution < -0.4 is 15.3 Å². The second-order valence-electron chi connectivity index (χ2n) is 5.34. The maximum absolute atomic E-state index is 10.4. The Morgan fingerprint density at radius 1 is 0.800 bits per heavy atom. The molecule has 148 valence electrons. The van der Waals surface area contributed by atoms with E-state index in [4.69, 9.17) is 0 Å². The van der Waals surface area contributed by atoms with Crippen LogP contribution in [0.25, 0.3) is 0 Å². The van der Waals surface area contributed by atoms with Crippen LogP contribution in [0.4, 0.5) is 0 Å². The van der Waals surface area contributed by atoms with Gasteiger partial charge in [-0.2, -0.15) is 0 Å². The van der Waals surface area contributed by atoms with E-state index in [1.165, 1.54) is 6.92 Å². The average Bonchev–Trinajstić information content (AvgIpc) is 2.48. The van der Waals surface area contributed by atoms with Crippen molar-refractivity contribution in [2.45, 2.75) is 99.4 Å². The van der Waals surface area contributed by atoms with Gasteiger partial charge < -0.3 is 20.1 Å². The molecule has 3 atom stereocenters. The molecular weight excluding hydrogens is 339 g/mol. The molecule has 0 aromatic rings. The average molecular weight is 376 g/mol. The fourth-order valence-electron chi connectivity index (χ4n) is 0.415. The Balaban J connectivity index is -0.0000000733. The van der Waals surface area contributed by atoms with E-state index < -0.39 is 5.97 Å². The molecule has 6 nitrogen and oxygen atoms in total. The summed E-state index contributed by atoms with van der Waals surface area (Å²) in [4.78, 5) is 20.6. The number of ketones is 1. The molecule has 0 N–H and O–H groups in total. The molecule has 7 heteroatoms. The number of ether oxygens (including phenoxy) is 1. The molecule has 0 amide bonds. The van der Waals surface area contributed by atoms with Gasteiger partial charge in [0.1, 0.15) is 12.2 Å². The molecule has 0 spiro atoms. The first-order valence-electron chi connectivity index (χ1n) is 8.60. The van der Waals surface area contributed by atoms with E-state index in [2.05, 4.69) is 4.74 Å². The number of hydrogen-bond donors (Lipinski definition) is 0. The van der Waals surface area contributed by atoms with Crippen molar-refractivity contribution in [3.63, 3.8) is 0 Å². The number of Topliss-reactive ketones (excluding diaryl/α,β-unsaturated/α-hetero) is 1. The Kier molecular flexibility index (Phi) is 40.4. The molecule has 25 heavy (non-hydrogen) atoms. The summed E-state index contributed by atoms with van der Waals surface area (Å²) in [5, 5.41) is 29.7. The minimum atomic E-state index is -0.440. The maximum atomic E-state index is 10.4. The van der Waals surface area contributed by atoms with Crippen LogP contribution in [0.15, 0.2) is 0 Å². The van der Waals surface area contributed by atoms with E-state index >= 15 is 0 Å². The number of rotatable bonds is 6. The van der Waals surface area contributed by atoms with Crippen LogP contribution in [0, 0.1) is 0 Å². The van der Waals surface area contributed by atoms with Crippen molar-refractivity contribution in [1.29, 1.82) is 0 Å². The van der Waals surface area contributed by atoms with Gasteiger partial charge in [0.25, 0.3) is 0 Å². The van der Waals surface area contributed by atoms with Gasteiger partial charge in [0.15, 0.2) is 0 Å². The zero-order valence-corrected chi connectivity index (χ0v) is 18.4. The monoisotopic (exact) mass is 376 g/mol. The Labute approximate surface area is 165 Å². The van der Waals surface area contributed by atoms with Crippen molar-refractivity contribution in [3.8, 4) is 0 Å². The topological polar surface area (TPSA) is 113 Å². The van der Waals surface area contributed by atoms with Crippen molar-refractivity contribution >= 4 is 29.1 Å². The molecule has 0 aliphatic heterocycles. The molecule has 0 saturated carbocycles. The third-order valence-electron chi connectivity index (χ3n) is 2.42. The summed E-state index contributed by atoms with van der Waals surface area (Å²) in [6.07, 6.45) is 1.05. The molecule has 0 aromatic heterocycles. The predicted molar refractivity (Wildman–Crippen MR) is 96.9 cm³/mol. The summed E-state index contributed by atoms with van der Waals surface area (Å²) in [5.41, 5.74) is 0. The number of carbonyl (C=O) groups excluding carboxylic acids is 2. The van der Waals surface area contributed by atoms with E-state index in [1.54, 1.807) is 27.7 Å². The van der Waals surface area contributed by atoms with E-state index in [-0.39, 0.29) is 47.9 Å². The molecule has 0 fully saturated rings. The predicted octanol–water partition coefficient (Wildman–Crippen LogP) is 0.583. The zero-order chi connectivity index (χ0) is 20.1. The number of hydrogen-bond acceptors (Lipinski definition) is 6. The summed E-state index contributed by atoms with van der Waals surface area (Å²) in [5.74, 6) is -0.599. The SMILES string of the molecule is CCC(C)[O-].CCC(C)[O-].CCC(C)[O-].CCOC(=O)CC(C)=O.[Al+3]. The van der Waals surface area contributed by atoms with Crippen molar-refractivity contribution in [2.75, 3.05) is 6.61 Å². The van der Waals surface area contributed by atoms with Gasteiger partial charge in [-0.15, -0.1) is 18.3 Å². The van der Waals surface area contributed by atoms with E-state index in [0.717, 1.165) is 19.3 Å². The van der Waals surface area contributed by atoms with Crippen LogP contribution in [0.5, 0.6) is 0 Å². The van der Waals surface area contributed by atoms with Gasteiger partial charge in [0, 0.05) is 0 Å². The molecule has 0 radical (unpaired) electrons. The molecule has 0 heterocycles. The van der Waals surface area contributed by atoms with Crippen LogP contribution in [0.2, 0.25) is 0 Å². The summed E-state index contributed by atoms with van der Waals surface area (Å²) in [6, 6.07) is 0. The molecule has 0 rings (SSSR count). The summed E-state index contributed by atoms with van der Waals surface area (Å²) < 4.78 is 4.49. The Morgan fingerprint density at radius 2 is 1.04 bits per heavy atom. The van der Waals surface area contributed by atoms with Gasteiger partial charge >= 0.3 is 23.3 Å². The molecular formula is C18H37AlO6. The van der Waals surface area contributed by atoms with Crippen molar-refractivity contribution in [2.24, 2.45) is 0 Å². The largest absolute Gasteiger partial charge is 3.00 e. The van der Waals surface area contributed by atoms with Crippen LogP contribution in [-0.2, 0) is 14.3 Å². The third kappa shape index (κ3) is 69.4. The maximum Gasteiger partial charge on any atom is 3.00 e. The number of carbonyl (C=O) groups is 2. The standard InChI is InChI=1S/C6H10O3.3C4H9O.Al/c1-3-9-6(8)4-5(2)7;3*1-3-4(2)5;/h3-4H2,1-2H3;3*4H,3H2,1-2H3;/q;3*-1;+3. The number of esters is 1. The fourth-order valence-corrected chi connectivity index (χ4v) is 0.415. The first-order valence-corrected chi connectivity index (χ1v) is 8.60. The molecule has 3 unspecified atom stereocenters. The fraction of sp³-hybridized carbons (Fsp3) is 0.889. The molecule has 0 saturated heterocycles. The summed E-state index contributed by atoms with van der Waals surface area (Å²) in [7, 11) is 0. The molecule has 0 aromatic carbocycles. The summed E-state index contributed by atoms with van der Waals surface area (Å²) >= 11 is 0. The second kappa shape index (κ2) is 28.4. The smallest absolute Gasteiger partial charge is 0.852 e. The van der Waals surface area contributed by atoms with Crippen molar-refractivity contribution < 1.29 is 29.6 Å². The second-order valence-corrected chi connectivity index (χ2v) is 5.34. The quantitative estimate of drug-likeness (QED) is 0.381. The Morgan fingerprint density at radius 3 is 1.16 bits per heavy atom.